The van der Waals surface area contributed by atoms with Crippen molar-refractivity contribution in [1.82, 2.24) is 4.57 Å². The molecule has 0 aliphatic carbocycles. The molecule has 2 fully saturated rings. The number of aromatic nitrogens is 1. The first-order valence-corrected chi connectivity index (χ1v) is 9.92. The first-order chi connectivity index (χ1) is 13.0. The van der Waals surface area contributed by atoms with Crippen LogP contribution >= 0.6 is 0 Å². The molecule has 0 amide bonds. The number of nitrogens with zero attached hydrogens (tertiary/aromatic N) is 2. The molecule has 2 aliphatic heterocycles. The molecule has 0 N–H and O–H groups in total. The van der Waals surface area contributed by atoms with Gasteiger partial charge in [-0.3, -0.25) is 4.79 Å². The highest BCUT2D eigenvalue weighted by Crippen LogP contribution is 2.39. The molecule has 2 bridgehead atoms. The number of pyridine rings is 1. The minimum atomic E-state index is -5.86. The number of ether oxygens (including phenoxy) is 1. The van der Waals surface area contributed by atoms with Gasteiger partial charge in [0.2, 0.25) is 0 Å². The van der Waals surface area contributed by atoms with E-state index in [4.69, 9.17) is 4.74 Å². The maximum Gasteiger partial charge on any atom is 0.534 e. The number of hydrogen-bond donors (Lipinski definition) is 0. The highest BCUT2D eigenvalue weighted by atomic mass is 32.2. The highest BCUT2D eigenvalue weighted by Gasteiger charge is 2.49. The monoisotopic (exact) mass is 418 g/mol. The number of rotatable bonds is 3. The summed E-state index contributed by atoms with van der Waals surface area (Å²) in [6.07, 6.45) is 0.799. The van der Waals surface area contributed by atoms with Crippen LogP contribution in [0.3, 0.4) is 0 Å². The molecule has 2 saturated heterocycles. The number of benzene rings is 1. The predicted octanol–water partition coefficient (Wildman–Crippen LogP) is 2.05. The molecule has 0 unspecified atom stereocenters. The van der Waals surface area contributed by atoms with Crippen molar-refractivity contribution >= 4 is 26.7 Å². The third-order valence-electron chi connectivity index (χ3n) is 5.18. The minimum Gasteiger partial charge on any atom is -0.375 e. The third-order valence-corrected chi connectivity index (χ3v) is 6.15. The van der Waals surface area contributed by atoms with Crippen molar-refractivity contribution in [2.75, 3.05) is 18.1 Å². The predicted molar refractivity (Wildman–Crippen MR) is 95.0 cm³/mol. The summed E-state index contributed by atoms with van der Waals surface area (Å²) in [5.41, 5.74) is -4.88. The number of hydrogen-bond acceptors (Lipinski definition) is 6. The van der Waals surface area contributed by atoms with Gasteiger partial charge in [-0.2, -0.15) is 21.6 Å². The van der Waals surface area contributed by atoms with Gasteiger partial charge in [-0.15, -0.1) is 0 Å². The fraction of sp³-hybridized carbons (Fsp3) is 0.471. The van der Waals surface area contributed by atoms with Gasteiger partial charge in [0.15, 0.2) is 5.75 Å². The normalized spacial score (nSPS) is 22.2. The van der Waals surface area contributed by atoms with E-state index in [1.54, 1.807) is 6.07 Å². The van der Waals surface area contributed by atoms with Crippen LogP contribution < -0.4 is 14.6 Å². The average Bonchev–Trinajstić information content (AvgIpc) is 3.22. The van der Waals surface area contributed by atoms with Crippen LogP contribution in [0.1, 0.15) is 12.0 Å². The molecule has 28 heavy (non-hydrogen) atoms. The lowest BCUT2D eigenvalue weighted by Gasteiger charge is -2.29. The number of aryl methyl sites for hydroxylation is 2. The largest absolute Gasteiger partial charge is 0.534 e. The summed E-state index contributed by atoms with van der Waals surface area (Å²) >= 11 is 0. The van der Waals surface area contributed by atoms with Crippen molar-refractivity contribution in [2.45, 2.75) is 31.0 Å². The van der Waals surface area contributed by atoms with Gasteiger partial charge in [0.05, 0.1) is 24.3 Å². The van der Waals surface area contributed by atoms with Crippen LogP contribution in [-0.4, -0.2) is 43.8 Å². The summed E-state index contributed by atoms with van der Waals surface area (Å²) in [6.45, 7) is 2.50. The van der Waals surface area contributed by atoms with Crippen LogP contribution in [0.4, 0.5) is 18.9 Å². The zero-order chi connectivity index (χ0) is 20.4. The van der Waals surface area contributed by atoms with E-state index in [1.807, 2.05) is 4.90 Å². The second-order valence-corrected chi connectivity index (χ2v) is 8.59. The molecule has 0 spiro atoms. The Morgan fingerprint density at radius 3 is 2.54 bits per heavy atom. The lowest BCUT2D eigenvalue weighted by atomic mass is 10.1. The fourth-order valence-corrected chi connectivity index (χ4v) is 4.26. The van der Waals surface area contributed by atoms with E-state index in [9.17, 15) is 26.4 Å². The second-order valence-electron chi connectivity index (χ2n) is 7.05. The van der Waals surface area contributed by atoms with E-state index in [0.29, 0.717) is 18.8 Å². The topological polar surface area (TPSA) is 77.8 Å². The van der Waals surface area contributed by atoms with Gasteiger partial charge in [0.1, 0.15) is 0 Å². The minimum absolute atomic E-state index is 0.0193. The van der Waals surface area contributed by atoms with Gasteiger partial charge < -0.3 is 18.4 Å². The molecular formula is C17H17F3N2O5S. The van der Waals surface area contributed by atoms with E-state index in [1.165, 1.54) is 30.7 Å². The molecule has 3 heterocycles. The lowest BCUT2D eigenvalue weighted by molar-refractivity contribution is -0.0499. The van der Waals surface area contributed by atoms with Crippen molar-refractivity contribution in [2.24, 2.45) is 7.05 Å². The van der Waals surface area contributed by atoms with Gasteiger partial charge in [0, 0.05) is 36.3 Å². The molecule has 2 aromatic rings. The first kappa shape index (κ1) is 19.1. The molecule has 152 valence electrons. The number of fused-ring (bicyclic) bond motifs is 3. The molecular weight excluding hydrogens is 401 g/mol. The Bertz CT molecular complexity index is 1130. The van der Waals surface area contributed by atoms with Crippen molar-refractivity contribution in [3.63, 3.8) is 0 Å². The van der Waals surface area contributed by atoms with Crippen LogP contribution in [-0.2, 0) is 21.9 Å². The zero-order valence-corrected chi connectivity index (χ0v) is 15.8. The molecule has 1 aromatic heterocycles. The van der Waals surface area contributed by atoms with E-state index < -0.39 is 21.4 Å². The van der Waals surface area contributed by atoms with E-state index >= 15 is 0 Å². The quantitative estimate of drug-likeness (QED) is 0.561. The van der Waals surface area contributed by atoms with Gasteiger partial charge in [-0.1, -0.05) is 0 Å². The maximum atomic E-state index is 12.9. The van der Waals surface area contributed by atoms with Crippen LogP contribution in [0.5, 0.6) is 5.75 Å². The van der Waals surface area contributed by atoms with Crippen LogP contribution in [0, 0.1) is 6.92 Å². The Labute approximate surface area is 158 Å². The van der Waals surface area contributed by atoms with Gasteiger partial charge in [0.25, 0.3) is 5.56 Å². The molecule has 2 atom stereocenters. The van der Waals surface area contributed by atoms with Gasteiger partial charge >= 0.3 is 15.6 Å². The third kappa shape index (κ3) is 2.93. The number of alkyl halides is 3. The Morgan fingerprint density at radius 2 is 1.96 bits per heavy atom. The first-order valence-electron chi connectivity index (χ1n) is 8.51. The summed E-state index contributed by atoms with van der Waals surface area (Å²) in [5, 5.41) is 0.108. The number of morpholine rings is 1. The van der Waals surface area contributed by atoms with Crippen LogP contribution in [0.2, 0.25) is 0 Å². The summed E-state index contributed by atoms with van der Waals surface area (Å²) in [6, 6.07) is 4.30. The van der Waals surface area contributed by atoms with E-state index in [0.717, 1.165) is 6.42 Å². The summed E-state index contributed by atoms with van der Waals surface area (Å²) in [4.78, 5) is 14.2. The molecule has 1 aromatic carbocycles. The number of halogens is 3. The fourth-order valence-electron chi connectivity index (χ4n) is 3.79. The summed E-state index contributed by atoms with van der Waals surface area (Å²) in [7, 11) is -4.38. The molecule has 0 radical (unpaired) electrons. The Hall–Kier alpha value is -2.27. The van der Waals surface area contributed by atoms with Crippen molar-refractivity contribution in [3.8, 4) is 5.75 Å². The van der Waals surface area contributed by atoms with Crippen molar-refractivity contribution in [3.05, 3.63) is 34.1 Å². The maximum absolute atomic E-state index is 12.9. The van der Waals surface area contributed by atoms with Crippen LogP contribution in [0.15, 0.2) is 23.0 Å². The standard InChI is InChI=1S/C17H17F3N2O5S/c1-9-3-13-14(21(2)16(9)23)5-10(22-7-12-4-11(22)8-26-12)6-15(13)27-28(24,25)17(18,19)20/h3,5-6,11-12H,4,7-8H2,1-2H3/t11-,12-/m0/s1. The average molecular weight is 418 g/mol. The Balaban J connectivity index is 1.92. The lowest BCUT2D eigenvalue weighted by Crippen LogP contribution is -2.37. The van der Waals surface area contributed by atoms with Crippen LogP contribution in [0.25, 0.3) is 10.9 Å². The van der Waals surface area contributed by atoms with E-state index in [2.05, 4.69) is 4.18 Å². The highest BCUT2D eigenvalue weighted by molar-refractivity contribution is 7.88. The molecule has 7 nitrogen and oxygen atoms in total. The molecule has 4 rings (SSSR count). The number of anilines is 1. The smallest absolute Gasteiger partial charge is 0.375 e. The van der Waals surface area contributed by atoms with E-state index in [-0.39, 0.29) is 34.2 Å². The SMILES string of the molecule is Cc1cc2c(OS(=O)(=O)C(F)(F)F)cc(N3C[C@@H]4C[C@H]3CO4)cc2n(C)c1=O. The van der Waals surface area contributed by atoms with Gasteiger partial charge in [-0.05, 0) is 25.5 Å². The Morgan fingerprint density at radius 1 is 1.25 bits per heavy atom. The molecule has 0 saturated carbocycles. The molecule has 11 heteroatoms. The summed E-state index contributed by atoms with van der Waals surface area (Å²) < 4.78 is 73.1. The Kier molecular flexibility index (Phi) is 4.16. The van der Waals surface area contributed by atoms with Crippen molar-refractivity contribution < 1.29 is 30.5 Å². The van der Waals surface area contributed by atoms with Gasteiger partial charge in [-0.25, -0.2) is 0 Å². The zero-order valence-electron chi connectivity index (χ0n) is 15.0. The second kappa shape index (κ2) is 6.11. The van der Waals surface area contributed by atoms with Crippen molar-refractivity contribution in [1.29, 1.82) is 0 Å². The summed E-state index contributed by atoms with van der Waals surface area (Å²) in [5.74, 6) is -0.466. The molecule has 2 aliphatic rings.